The summed E-state index contributed by atoms with van der Waals surface area (Å²) in [5, 5.41) is 0. The van der Waals surface area contributed by atoms with E-state index in [1.165, 1.54) is 23.3 Å². The van der Waals surface area contributed by atoms with E-state index in [0.29, 0.717) is 12.0 Å². The fourth-order valence-corrected chi connectivity index (χ4v) is 6.61. The Kier molecular flexibility index (Phi) is 10.4. The summed E-state index contributed by atoms with van der Waals surface area (Å²) >= 11 is 0. The van der Waals surface area contributed by atoms with Crippen LogP contribution in [0.4, 0.5) is 13.2 Å². The molecular weight excluding hydrogens is 571 g/mol. The molecule has 0 spiro atoms. The summed E-state index contributed by atoms with van der Waals surface area (Å²) in [5.41, 5.74) is 5.26. The lowest BCUT2D eigenvalue weighted by Gasteiger charge is -2.39. The van der Waals surface area contributed by atoms with Crippen LogP contribution in [0.3, 0.4) is 0 Å². The molecule has 2 unspecified atom stereocenters. The fraction of sp³-hybridized carbons (Fsp3) is 0.359. The van der Waals surface area contributed by atoms with Crippen molar-refractivity contribution in [2.75, 3.05) is 19.7 Å². The Bertz CT molecular complexity index is 1500. The van der Waals surface area contributed by atoms with Gasteiger partial charge in [0.15, 0.2) is 0 Å². The minimum Gasteiger partial charge on any atom is -0.466 e. The van der Waals surface area contributed by atoms with Gasteiger partial charge in [0.2, 0.25) is 0 Å². The zero-order valence-corrected chi connectivity index (χ0v) is 26.3. The number of piperidine rings is 1. The maximum atomic E-state index is 13.4. The van der Waals surface area contributed by atoms with Crippen LogP contribution in [0.25, 0.3) is 11.1 Å². The summed E-state index contributed by atoms with van der Waals surface area (Å²) in [7, 11) is 0. The van der Waals surface area contributed by atoms with Gasteiger partial charge in [-0.15, -0.1) is 0 Å². The summed E-state index contributed by atoms with van der Waals surface area (Å²) in [4.78, 5) is 15.8. The van der Waals surface area contributed by atoms with Crippen LogP contribution < -0.4 is 0 Å². The molecule has 0 N–H and O–H groups in total. The van der Waals surface area contributed by atoms with Gasteiger partial charge >= 0.3 is 12.1 Å². The topological polar surface area (TPSA) is 29.5 Å². The Balaban J connectivity index is 1.56. The van der Waals surface area contributed by atoms with E-state index in [2.05, 4.69) is 79.4 Å². The van der Waals surface area contributed by atoms with Crippen LogP contribution in [0.2, 0.25) is 0 Å². The van der Waals surface area contributed by atoms with E-state index in [0.717, 1.165) is 54.8 Å². The van der Waals surface area contributed by atoms with Gasteiger partial charge in [-0.05, 0) is 90.1 Å². The summed E-state index contributed by atoms with van der Waals surface area (Å²) in [6.07, 6.45) is -1.79. The number of benzene rings is 4. The van der Waals surface area contributed by atoms with E-state index in [1.807, 2.05) is 18.2 Å². The van der Waals surface area contributed by atoms with Crippen molar-refractivity contribution in [1.82, 2.24) is 4.90 Å². The highest BCUT2D eigenvalue weighted by molar-refractivity contribution is 5.79. The number of hydrogen-bond acceptors (Lipinski definition) is 3. The third kappa shape index (κ3) is 8.04. The first-order chi connectivity index (χ1) is 21.6. The minimum absolute atomic E-state index is 0.0981. The van der Waals surface area contributed by atoms with Gasteiger partial charge < -0.3 is 4.74 Å². The van der Waals surface area contributed by atoms with Crippen molar-refractivity contribution in [2.24, 2.45) is 5.92 Å². The number of ether oxygens (including phenoxy) is 1. The van der Waals surface area contributed by atoms with Gasteiger partial charge in [0.05, 0.1) is 24.1 Å². The number of nitrogens with zero attached hydrogens (tertiary/aromatic N) is 1. The first kappa shape index (κ1) is 32.5. The van der Waals surface area contributed by atoms with Crippen molar-refractivity contribution in [1.29, 1.82) is 0 Å². The summed E-state index contributed by atoms with van der Waals surface area (Å²) in [6, 6.07) is 32.8. The lowest BCUT2D eigenvalue weighted by atomic mass is 9.82. The third-order valence-corrected chi connectivity index (χ3v) is 8.72. The molecule has 0 bridgehead atoms. The molecule has 0 saturated carbocycles. The molecule has 2 atom stereocenters. The molecule has 1 fully saturated rings. The lowest BCUT2D eigenvalue weighted by Crippen LogP contribution is -2.38. The van der Waals surface area contributed by atoms with Crippen LogP contribution >= 0.6 is 0 Å². The van der Waals surface area contributed by atoms with Gasteiger partial charge in [0, 0.05) is 6.54 Å². The molecule has 45 heavy (non-hydrogen) atoms. The SMILES string of the molecule is CCOC(=O)C(CC(C)C)c1cc(-c2ccc(C(F)(F)F)cc2)cc(C2CCCN(C(c3ccccc3)c3ccccc3)C2)c1. The number of carbonyl (C=O) groups excluding carboxylic acids is 1. The molecule has 6 heteroatoms. The van der Waals surface area contributed by atoms with Crippen molar-refractivity contribution < 1.29 is 22.7 Å². The minimum atomic E-state index is -4.41. The van der Waals surface area contributed by atoms with Gasteiger partial charge in [0.1, 0.15) is 0 Å². The maximum absolute atomic E-state index is 13.4. The highest BCUT2D eigenvalue weighted by atomic mass is 19.4. The van der Waals surface area contributed by atoms with Crippen molar-refractivity contribution in [3.63, 3.8) is 0 Å². The second kappa shape index (κ2) is 14.5. The number of likely N-dealkylation sites (tertiary alicyclic amines) is 1. The Labute approximate surface area is 265 Å². The highest BCUT2D eigenvalue weighted by Gasteiger charge is 2.32. The second-order valence-electron chi connectivity index (χ2n) is 12.5. The first-order valence-electron chi connectivity index (χ1n) is 16.0. The molecule has 0 aromatic heterocycles. The molecule has 5 rings (SSSR count). The molecule has 0 aliphatic carbocycles. The largest absolute Gasteiger partial charge is 0.466 e. The Morgan fingerprint density at radius 2 is 1.47 bits per heavy atom. The third-order valence-electron chi connectivity index (χ3n) is 8.72. The van der Waals surface area contributed by atoms with Crippen LogP contribution in [-0.2, 0) is 15.7 Å². The summed E-state index contributed by atoms with van der Waals surface area (Å²) < 4.78 is 45.6. The van der Waals surface area contributed by atoms with Gasteiger partial charge in [-0.25, -0.2) is 0 Å². The molecule has 4 aromatic rings. The molecule has 4 aromatic carbocycles. The summed E-state index contributed by atoms with van der Waals surface area (Å²) in [6.45, 7) is 8.03. The Morgan fingerprint density at radius 3 is 2.02 bits per heavy atom. The van der Waals surface area contributed by atoms with Gasteiger partial charge in [-0.2, -0.15) is 13.2 Å². The predicted octanol–water partition coefficient (Wildman–Crippen LogP) is 10.0. The van der Waals surface area contributed by atoms with Crippen molar-refractivity contribution >= 4 is 5.97 Å². The number of halogens is 3. The molecule has 1 aliphatic heterocycles. The molecule has 0 radical (unpaired) electrons. The zero-order valence-electron chi connectivity index (χ0n) is 26.3. The predicted molar refractivity (Wildman–Crippen MR) is 174 cm³/mol. The molecule has 236 valence electrons. The van der Waals surface area contributed by atoms with Gasteiger partial charge in [0.25, 0.3) is 0 Å². The molecular formula is C39H42F3NO2. The first-order valence-corrected chi connectivity index (χ1v) is 16.0. The molecule has 1 aliphatic rings. The van der Waals surface area contributed by atoms with Crippen molar-refractivity contribution in [3.05, 3.63) is 131 Å². The number of alkyl halides is 3. The molecule has 3 nitrogen and oxygen atoms in total. The van der Waals surface area contributed by atoms with Crippen molar-refractivity contribution in [2.45, 2.75) is 64.1 Å². The van der Waals surface area contributed by atoms with E-state index in [4.69, 9.17) is 4.74 Å². The zero-order chi connectivity index (χ0) is 32.0. The van der Waals surface area contributed by atoms with E-state index in [9.17, 15) is 18.0 Å². The van der Waals surface area contributed by atoms with E-state index < -0.39 is 17.7 Å². The van der Waals surface area contributed by atoms with Crippen molar-refractivity contribution in [3.8, 4) is 11.1 Å². The van der Waals surface area contributed by atoms with Crippen LogP contribution in [0.1, 0.15) is 85.7 Å². The molecule has 1 heterocycles. The second-order valence-corrected chi connectivity index (χ2v) is 12.5. The molecule has 1 saturated heterocycles. The average molecular weight is 614 g/mol. The van der Waals surface area contributed by atoms with Gasteiger partial charge in [-0.1, -0.05) is 105 Å². The smallest absolute Gasteiger partial charge is 0.416 e. The van der Waals surface area contributed by atoms with Crippen LogP contribution in [0.15, 0.2) is 103 Å². The maximum Gasteiger partial charge on any atom is 0.416 e. The van der Waals surface area contributed by atoms with E-state index in [-0.39, 0.29) is 30.5 Å². The highest BCUT2D eigenvalue weighted by Crippen LogP contribution is 2.39. The number of hydrogen-bond donors (Lipinski definition) is 0. The Hall–Kier alpha value is -3.90. The monoisotopic (exact) mass is 613 g/mol. The molecule has 0 amide bonds. The fourth-order valence-electron chi connectivity index (χ4n) is 6.61. The Morgan fingerprint density at radius 1 is 0.844 bits per heavy atom. The number of carbonyl (C=O) groups is 1. The van der Waals surface area contributed by atoms with Gasteiger partial charge in [-0.3, -0.25) is 9.69 Å². The number of rotatable bonds is 10. The number of esters is 1. The summed E-state index contributed by atoms with van der Waals surface area (Å²) in [5.74, 6) is -0.289. The average Bonchev–Trinajstić information content (AvgIpc) is 3.04. The van der Waals surface area contributed by atoms with Crippen LogP contribution in [-0.4, -0.2) is 30.6 Å². The quantitative estimate of drug-likeness (QED) is 0.167. The normalized spacial score (nSPS) is 16.6. The van der Waals surface area contributed by atoms with Crippen LogP contribution in [0, 0.1) is 5.92 Å². The lowest BCUT2D eigenvalue weighted by molar-refractivity contribution is -0.145. The van der Waals surface area contributed by atoms with Crippen LogP contribution in [0.5, 0.6) is 0 Å². The standard InChI is InChI=1S/C39H42F3NO2/c1-4-45-38(44)36(22-27(2)3)34-24-32(28-17-19-35(20-18-28)39(40,41)42)23-33(25-34)31-16-11-21-43(26-31)37(29-12-7-5-8-13-29)30-14-9-6-10-15-30/h5-10,12-15,17-20,23-25,27,31,36-37H,4,11,16,21-22,26H2,1-3H3. The van der Waals surface area contributed by atoms with E-state index >= 15 is 0 Å². The van der Waals surface area contributed by atoms with E-state index in [1.54, 1.807) is 6.92 Å².